The van der Waals surface area contributed by atoms with E-state index in [1.807, 2.05) is 36.4 Å². The Morgan fingerprint density at radius 3 is 2.11 bits per heavy atom. The van der Waals surface area contributed by atoms with E-state index in [-0.39, 0.29) is 4.90 Å². The van der Waals surface area contributed by atoms with Gasteiger partial charge in [0, 0.05) is 74.3 Å². The summed E-state index contributed by atoms with van der Waals surface area (Å²) in [6.45, 7) is 5.27. The van der Waals surface area contributed by atoms with Crippen LogP contribution in [0.4, 0.5) is 17.2 Å². The number of piperazine rings is 1. The van der Waals surface area contributed by atoms with E-state index in [1.165, 1.54) is 0 Å². The predicted octanol–water partition coefficient (Wildman–Crippen LogP) is 4.33. The fourth-order valence-corrected chi connectivity index (χ4v) is 5.62. The van der Waals surface area contributed by atoms with Gasteiger partial charge in [0.25, 0.3) is 0 Å². The molecule has 0 atom stereocenters. The van der Waals surface area contributed by atoms with Crippen LogP contribution in [0, 0.1) is 0 Å². The van der Waals surface area contributed by atoms with Crippen molar-refractivity contribution < 1.29 is 8.42 Å². The van der Waals surface area contributed by atoms with E-state index in [1.54, 1.807) is 34.8 Å². The van der Waals surface area contributed by atoms with Crippen molar-refractivity contribution in [3.05, 3.63) is 76.9 Å². The molecule has 8 nitrogen and oxygen atoms in total. The number of nitrogens with zero attached hydrogens (tertiary/aromatic N) is 3. The Labute approximate surface area is 222 Å². The van der Waals surface area contributed by atoms with E-state index in [4.69, 9.17) is 23.2 Å². The van der Waals surface area contributed by atoms with Gasteiger partial charge in [0.05, 0.1) is 10.6 Å². The monoisotopic (exact) mass is 548 g/mol. The lowest BCUT2D eigenvalue weighted by molar-refractivity contribution is 0.194. The number of hydrogen-bond donors (Lipinski definition) is 3. The van der Waals surface area contributed by atoms with Crippen molar-refractivity contribution in [2.75, 3.05) is 68.3 Å². The molecule has 0 amide bonds. The molecule has 0 radical (unpaired) electrons. The molecule has 1 saturated heterocycles. The van der Waals surface area contributed by atoms with Crippen molar-refractivity contribution >= 4 is 50.4 Å². The van der Waals surface area contributed by atoms with Crippen molar-refractivity contribution in [2.24, 2.45) is 0 Å². The smallest absolute Gasteiger partial charge is 0.243 e. The van der Waals surface area contributed by atoms with Crippen LogP contribution in [0.3, 0.4) is 0 Å². The summed E-state index contributed by atoms with van der Waals surface area (Å²) in [4.78, 5) is 7.00. The molecule has 4 rings (SSSR count). The minimum Gasteiger partial charge on any atom is -0.383 e. The lowest BCUT2D eigenvalue weighted by atomic mass is 10.3. The average Bonchev–Trinajstić information content (AvgIpc) is 2.89. The molecule has 2 aromatic carbocycles. The molecule has 1 aliphatic heterocycles. The summed E-state index contributed by atoms with van der Waals surface area (Å²) in [6.07, 6.45) is 1.76. The summed E-state index contributed by atoms with van der Waals surface area (Å²) < 4.78 is 27.3. The van der Waals surface area contributed by atoms with Gasteiger partial charge in [-0.3, -0.25) is 4.90 Å². The van der Waals surface area contributed by atoms with Gasteiger partial charge in [-0.15, -0.1) is 0 Å². The summed E-state index contributed by atoms with van der Waals surface area (Å²) >= 11 is 11.8. The lowest BCUT2D eigenvalue weighted by Gasteiger charge is -2.34. The Morgan fingerprint density at radius 2 is 1.42 bits per heavy atom. The number of pyridine rings is 1. The van der Waals surface area contributed by atoms with Crippen molar-refractivity contribution in [1.29, 1.82) is 0 Å². The molecule has 0 unspecified atom stereocenters. The van der Waals surface area contributed by atoms with Crippen molar-refractivity contribution in [1.82, 2.24) is 14.2 Å². The molecule has 1 aliphatic rings. The van der Waals surface area contributed by atoms with Gasteiger partial charge in [-0.2, -0.15) is 4.31 Å². The van der Waals surface area contributed by atoms with E-state index in [0.717, 1.165) is 36.8 Å². The normalized spacial score (nSPS) is 14.9. The van der Waals surface area contributed by atoms with E-state index in [0.29, 0.717) is 42.8 Å². The van der Waals surface area contributed by atoms with Gasteiger partial charge in [0.2, 0.25) is 10.0 Å². The highest BCUT2D eigenvalue weighted by molar-refractivity contribution is 7.89. The van der Waals surface area contributed by atoms with Gasteiger partial charge in [0.1, 0.15) is 5.82 Å². The van der Waals surface area contributed by atoms with E-state index < -0.39 is 10.0 Å². The van der Waals surface area contributed by atoms with Gasteiger partial charge in [-0.05, 0) is 60.7 Å². The quantitative estimate of drug-likeness (QED) is 0.307. The molecular formula is C25H30Cl2N6O2S. The molecule has 1 fully saturated rings. The number of anilines is 3. The second-order valence-electron chi connectivity index (χ2n) is 8.39. The molecule has 0 saturated carbocycles. The molecule has 2 heterocycles. The van der Waals surface area contributed by atoms with Gasteiger partial charge < -0.3 is 16.0 Å². The minimum atomic E-state index is -3.50. The Bertz CT molecular complexity index is 1220. The maximum absolute atomic E-state index is 12.9. The van der Waals surface area contributed by atoms with Crippen LogP contribution >= 0.6 is 23.2 Å². The van der Waals surface area contributed by atoms with Gasteiger partial charge in [0.15, 0.2) is 0 Å². The molecule has 0 aliphatic carbocycles. The molecule has 0 bridgehead atoms. The second kappa shape index (κ2) is 12.6. The number of sulfonamides is 1. The van der Waals surface area contributed by atoms with Crippen molar-refractivity contribution in [3.8, 4) is 0 Å². The average molecular weight is 550 g/mol. The number of rotatable bonds is 11. The molecule has 36 heavy (non-hydrogen) atoms. The molecule has 0 spiro atoms. The Kier molecular flexibility index (Phi) is 9.28. The van der Waals surface area contributed by atoms with Crippen LogP contribution in [-0.2, 0) is 10.0 Å². The van der Waals surface area contributed by atoms with Crippen LogP contribution in [0.15, 0.2) is 71.8 Å². The van der Waals surface area contributed by atoms with Crippen LogP contribution in [0.5, 0.6) is 0 Å². The Balaban J connectivity index is 1.19. The number of benzene rings is 2. The first kappa shape index (κ1) is 26.5. The van der Waals surface area contributed by atoms with E-state index in [2.05, 4.69) is 25.8 Å². The largest absolute Gasteiger partial charge is 0.383 e. The van der Waals surface area contributed by atoms with Crippen LogP contribution < -0.4 is 16.0 Å². The number of hydrogen-bond acceptors (Lipinski definition) is 7. The van der Waals surface area contributed by atoms with Crippen molar-refractivity contribution in [2.45, 2.75) is 4.90 Å². The highest BCUT2D eigenvalue weighted by atomic mass is 35.5. The summed E-state index contributed by atoms with van der Waals surface area (Å²) in [6, 6.07) is 17.8. The third kappa shape index (κ3) is 7.24. The number of nitrogens with one attached hydrogen (secondary N) is 3. The SMILES string of the molecule is O=S(=O)(c1ccc(Cl)cc1)N1CCN(CCNc2cccnc2NCCNc2ccc(Cl)cc2)CC1. The summed E-state index contributed by atoms with van der Waals surface area (Å²) in [7, 11) is -3.50. The van der Waals surface area contributed by atoms with Crippen LogP contribution in [-0.4, -0.2) is 75.0 Å². The first-order chi connectivity index (χ1) is 17.4. The molecular weight excluding hydrogens is 519 g/mol. The maximum atomic E-state index is 12.9. The van der Waals surface area contributed by atoms with Gasteiger partial charge in [-0.1, -0.05) is 23.2 Å². The third-order valence-corrected chi connectivity index (χ3v) is 8.34. The fraction of sp³-hybridized carbons (Fsp3) is 0.320. The lowest BCUT2D eigenvalue weighted by Crippen LogP contribution is -2.49. The zero-order valence-corrected chi connectivity index (χ0v) is 22.2. The topological polar surface area (TPSA) is 89.6 Å². The van der Waals surface area contributed by atoms with E-state index >= 15 is 0 Å². The molecule has 11 heteroatoms. The van der Waals surface area contributed by atoms with Crippen molar-refractivity contribution in [3.63, 3.8) is 0 Å². The first-order valence-corrected chi connectivity index (χ1v) is 14.0. The van der Waals surface area contributed by atoms with Crippen LogP contribution in [0.25, 0.3) is 0 Å². The minimum absolute atomic E-state index is 0.280. The Hall–Kier alpha value is -2.56. The molecule has 3 N–H and O–H groups in total. The summed E-state index contributed by atoms with van der Waals surface area (Å²) in [5.41, 5.74) is 1.95. The Morgan fingerprint density at radius 1 is 0.778 bits per heavy atom. The van der Waals surface area contributed by atoms with Gasteiger partial charge in [-0.25, -0.2) is 13.4 Å². The zero-order chi connectivity index (χ0) is 25.4. The molecule has 192 valence electrons. The van der Waals surface area contributed by atoms with Crippen LogP contribution in [0.2, 0.25) is 10.0 Å². The van der Waals surface area contributed by atoms with Gasteiger partial charge >= 0.3 is 0 Å². The zero-order valence-electron chi connectivity index (χ0n) is 19.8. The van der Waals surface area contributed by atoms with E-state index in [9.17, 15) is 8.42 Å². The van der Waals surface area contributed by atoms with Crippen LogP contribution in [0.1, 0.15) is 0 Å². The number of halogens is 2. The third-order valence-electron chi connectivity index (χ3n) is 5.92. The fourth-order valence-electron chi connectivity index (χ4n) is 3.94. The summed E-state index contributed by atoms with van der Waals surface area (Å²) in [5.74, 6) is 0.800. The number of aromatic nitrogens is 1. The summed E-state index contributed by atoms with van der Waals surface area (Å²) in [5, 5.41) is 11.4. The predicted molar refractivity (Wildman–Crippen MR) is 148 cm³/mol. The highest BCUT2D eigenvalue weighted by Crippen LogP contribution is 2.21. The molecule has 3 aromatic rings. The highest BCUT2D eigenvalue weighted by Gasteiger charge is 2.28. The first-order valence-electron chi connectivity index (χ1n) is 11.8. The standard InChI is InChI=1S/C25H30Cl2N6O2S/c26-20-3-7-22(8-4-20)28-12-13-31-25-24(2-1-11-30-25)29-14-15-32-16-18-33(19-17-32)36(34,35)23-9-5-21(27)6-10-23/h1-11,28-29H,12-19H2,(H,30,31). The molecule has 1 aromatic heterocycles. The maximum Gasteiger partial charge on any atom is 0.243 e. The second-order valence-corrected chi connectivity index (χ2v) is 11.2.